The summed E-state index contributed by atoms with van der Waals surface area (Å²) < 4.78 is 5.37. The molecule has 4 heteroatoms. The van der Waals surface area contributed by atoms with Crippen LogP contribution in [0.5, 0.6) is 0 Å². The maximum Gasteiger partial charge on any atom is 0.0613 e. The fraction of sp³-hybridized carbons (Fsp3) is 1.00. The Morgan fingerprint density at radius 1 is 1.33 bits per heavy atom. The first-order valence-electron chi connectivity index (χ1n) is 7.31. The Kier molecular flexibility index (Phi) is 8.31. The highest BCUT2D eigenvalue weighted by Gasteiger charge is 2.25. The molecular formula is C14H29NO2S. The van der Waals surface area contributed by atoms with E-state index in [4.69, 9.17) is 4.74 Å². The molecule has 1 fully saturated rings. The van der Waals surface area contributed by atoms with Gasteiger partial charge in [0.25, 0.3) is 0 Å². The summed E-state index contributed by atoms with van der Waals surface area (Å²) in [5, 5.41) is 13.8. The van der Waals surface area contributed by atoms with E-state index >= 15 is 0 Å². The Morgan fingerprint density at radius 3 is 2.61 bits per heavy atom. The molecule has 1 saturated heterocycles. The minimum absolute atomic E-state index is 0.0506. The van der Waals surface area contributed by atoms with Gasteiger partial charge in [-0.2, -0.15) is 11.8 Å². The number of rotatable bonds is 9. The van der Waals surface area contributed by atoms with Gasteiger partial charge in [-0.3, -0.25) is 0 Å². The van der Waals surface area contributed by atoms with Crippen molar-refractivity contribution in [3.05, 3.63) is 0 Å². The van der Waals surface area contributed by atoms with Crippen LogP contribution in [0.4, 0.5) is 0 Å². The van der Waals surface area contributed by atoms with Crippen molar-refractivity contribution in [2.24, 2.45) is 0 Å². The van der Waals surface area contributed by atoms with Crippen LogP contribution in [-0.4, -0.2) is 48.0 Å². The van der Waals surface area contributed by atoms with Crippen LogP contribution >= 0.6 is 11.8 Å². The molecule has 0 bridgehead atoms. The quantitative estimate of drug-likeness (QED) is 0.634. The second-order valence-corrected chi connectivity index (χ2v) is 6.52. The molecule has 0 aromatic rings. The highest BCUT2D eigenvalue weighted by Crippen LogP contribution is 2.25. The Hall–Kier alpha value is 0.230. The highest BCUT2D eigenvalue weighted by atomic mass is 32.2. The van der Waals surface area contributed by atoms with Gasteiger partial charge < -0.3 is 15.2 Å². The van der Waals surface area contributed by atoms with Gasteiger partial charge in [0.15, 0.2) is 0 Å². The Morgan fingerprint density at radius 2 is 2.06 bits per heavy atom. The lowest BCUT2D eigenvalue weighted by molar-refractivity contribution is 0.1000. The molecular weight excluding hydrogens is 246 g/mol. The van der Waals surface area contributed by atoms with Crippen molar-refractivity contribution < 1.29 is 9.84 Å². The smallest absolute Gasteiger partial charge is 0.0613 e. The summed E-state index contributed by atoms with van der Waals surface area (Å²) in [4.78, 5) is 0. The number of likely N-dealkylation sites (N-methyl/N-ethyl adjacent to an activating group) is 1. The van der Waals surface area contributed by atoms with Gasteiger partial charge in [0.1, 0.15) is 0 Å². The van der Waals surface area contributed by atoms with Gasteiger partial charge in [0.2, 0.25) is 0 Å². The molecule has 1 aliphatic rings. The average molecular weight is 275 g/mol. The van der Waals surface area contributed by atoms with Crippen LogP contribution in [0.2, 0.25) is 0 Å². The van der Waals surface area contributed by atoms with E-state index in [2.05, 4.69) is 30.9 Å². The van der Waals surface area contributed by atoms with Gasteiger partial charge in [0, 0.05) is 24.0 Å². The summed E-state index contributed by atoms with van der Waals surface area (Å²) in [5.74, 6) is 1.21. The minimum Gasteiger partial charge on any atom is -0.394 e. The number of ether oxygens (including phenoxy) is 1. The molecule has 3 nitrogen and oxygen atoms in total. The normalized spacial score (nSPS) is 20.8. The second kappa shape index (κ2) is 9.18. The van der Waals surface area contributed by atoms with Crippen LogP contribution < -0.4 is 5.32 Å². The summed E-state index contributed by atoms with van der Waals surface area (Å²) in [5.41, 5.74) is -0.0506. The van der Waals surface area contributed by atoms with Crippen molar-refractivity contribution in [1.29, 1.82) is 0 Å². The molecule has 0 spiro atoms. The number of nitrogens with one attached hydrogen (secondary N) is 1. The maximum absolute atomic E-state index is 9.57. The monoisotopic (exact) mass is 275 g/mol. The predicted octanol–water partition coefficient (Wildman–Crippen LogP) is 2.43. The molecule has 0 radical (unpaired) electrons. The fourth-order valence-corrected chi connectivity index (χ4v) is 3.69. The molecule has 2 N–H and O–H groups in total. The van der Waals surface area contributed by atoms with Crippen molar-refractivity contribution in [1.82, 2.24) is 5.32 Å². The summed E-state index contributed by atoms with van der Waals surface area (Å²) in [6.45, 7) is 7.32. The minimum atomic E-state index is -0.0506. The first kappa shape index (κ1) is 16.3. The molecule has 1 aliphatic heterocycles. The molecule has 0 saturated carbocycles. The lowest BCUT2D eigenvalue weighted by Gasteiger charge is -2.32. The first-order chi connectivity index (χ1) is 8.76. The van der Waals surface area contributed by atoms with Gasteiger partial charge in [-0.25, -0.2) is 0 Å². The van der Waals surface area contributed by atoms with Gasteiger partial charge >= 0.3 is 0 Å². The maximum atomic E-state index is 9.57. The Balaban J connectivity index is 2.17. The van der Waals surface area contributed by atoms with Gasteiger partial charge in [-0.1, -0.05) is 13.8 Å². The van der Waals surface area contributed by atoms with Crippen LogP contribution in [0.1, 0.15) is 46.0 Å². The summed E-state index contributed by atoms with van der Waals surface area (Å²) in [6, 6.07) is 0. The van der Waals surface area contributed by atoms with Crippen molar-refractivity contribution >= 4 is 11.8 Å². The van der Waals surface area contributed by atoms with E-state index in [0.717, 1.165) is 37.9 Å². The van der Waals surface area contributed by atoms with Crippen LogP contribution in [0.15, 0.2) is 0 Å². The number of hydrogen-bond acceptors (Lipinski definition) is 4. The summed E-state index contributed by atoms with van der Waals surface area (Å²) in [7, 11) is 0. The molecule has 1 unspecified atom stereocenters. The van der Waals surface area contributed by atoms with Crippen molar-refractivity contribution in [3.63, 3.8) is 0 Å². The molecule has 0 aliphatic carbocycles. The lowest BCUT2D eigenvalue weighted by Crippen LogP contribution is -2.48. The molecule has 108 valence electrons. The zero-order valence-corrected chi connectivity index (χ0v) is 12.7. The Bertz CT molecular complexity index is 204. The van der Waals surface area contributed by atoms with E-state index < -0.39 is 0 Å². The molecule has 1 heterocycles. The first-order valence-corrected chi connectivity index (χ1v) is 8.36. The van der Waals surface area contributed by atoms with Crippen LogP contribution in [0, 0.1) is 0 Å². The highest BCUT2D eigenvalue weighted by molar-refractivity contribution is 7.99. The van der Waals surface area contributed by atoms with Gasteiger partial charge in [-0.05, 0) is 44.4 Å². The second-order valence-electron chi connectivity index (χ2n) is 5.11. The number of thioether (sulfide) groups is 1. The number of aliphatic hydroxyl groups excluding tert-OH is 1. The van der Waals surface area contributed by atoms with Crippen molar-refractivity contribution in [2.45, 2.75) is 56.7 Å². The van der Waals surface area contributed by atoms with Crippen LogP contribution in [0.3, 0.4) is 0 Å². The fourth-order valence-electron chi connectivity index (χ4n) is 2.52. The third-order valence-corrected chi connectivity index (χ3v) is 5.32. The summed E-state index contributed by atoms with van der Waals surface area (Å²) in [6.07, 6.45) is 5.67. The van der Waals surface area contributed by atoms with Crippen LogP contribution in [0.25, 0.3) is 0 Å². The van der Waals surface area contributed by atoms with Crippen molar-refractivity contribution in [2.75, 3.05) is 32.1 Å². The standard InChI is InChI=1S/C14H29NO2S/c1-3-14(12-16,15-4-2)8-5-11-18-13-6-9-17-10-7-13/h13,15-16H,3-12H2,1-2H3. The zero-order valence-electron chi connectivity index (χ0n) is 11.9. The van der Waals surface area contributed by atoms with Crippen LogP contribution in [-0.2, 0) is 4.74 Å². The van der Waals surface area contributed by atoms with Gasteiger partial charge in [0.05, 0.1) is 6.61 Å². The third-order valence-electron chi connectivity index (χ3n) is 3.85. The molecule has 18 heavy (non-hydrogen) atoms. The van der Waals surface area contributed by atoms with E-state index in [0.29, 0.717) is 0 Å². The van der Waals surface area contributed by atoms with E-state index in [9.17, 15) is 5.11 Å². The van der Waals surface area contributed by atoms with E-state index in [1.54, 1.807) is 0 Å². The van der Waals surface area contributed by atoms with E-state index in [-0.39, 0.29) is 12.1 Å². The molecule has 0 aromatic heterocycles. The molecule has 1 rings (SSSR count). The van der Waals surface area contributed by atoms with E-state index in [1.807, 2.05) is 0 Å². The molecule has 0 aromatic carbocycles. The van der Waals surface area contributed by atoms with E-state index in [1.165, 1.54) is 25.0 Å². The third kappa shape index (κ3) is 5.47. The zero-order chi connectivity index (χ0) is 13.3. The number of aliphatic hydroxyl groups is 1. The Labute approximate surface area is 116 Å². The topological polar surface area (TPSA) is 41.5 Å². The number of hydrogen-bond donors (Lipinski definition) is 2. The van der Waals surface area contributed by atoms with Crippen molar-refractivity contribution in [3.8, 4) is 0 Å². The largest absolute Gasteiger partial charge is 0.394 e. The SMILES string of the molecule is CCNC(CC)(CO)CCCSC1CCOCC1. The predicted molar refractivity (Wildman–Crippen MR) is 79.3 cm³/mol. The van der Waals surface area contributed by atoms with Gasteiger partial charge in [-0.15, -0.1) is 0 Å². The summed E-state index contributed by atoms with van der Waals surface area (Å²) >= 11 is 2.09. The molecule has 1 atom stereocenters. The average Bonchev–Trinajstić information content (AvgIpc) is 2.43. The lowest BCUT2D eigenvalue weighted by atomic mass is 9.91. The molecule has 0 amide bonds.